The van der Waals surface area contributed by atoms with Gasteiger partial charge < -0.3 is 0 Å². The minimum absolute atomic E-state index is 1.13. The van der Waals surface area contributed by atoms with Gasteiger partial charge in [-0.3, -0.25) is 0 Å². The third-order valence-corrected chi connectivity index (χ3v) is 0.296. The highest BCUT2D eigenvalue weighted by molar-refractivity contribution is 6.25. The first-order chi connectivity index (χ1) is 2.91. The normalized spacial score (nSPS) is 8.17. The summed E-state index contributed by atoms with van der Waals surface area (Å²) in [4.78, 5) is 12.1. The van der Waals surface area contributed by atoms with E-state index in [0.29, 0.717) is 0 Å². The van der Waals surface area contributed by atoms with Crippen molar-refractivity contribution in [2.24, 2.45) is 4.99 Å². The van der Waals surface area contributed by atoms with E-state index in [2.05, 4.69) is 4.99 Å². The van der Waals surface area contributed by atoms with Crippen LogP contribution in [0.25, 0.3) is 0 Å². The van der Waals surface area contributed by atoms with Gasteiger partial charge in [0, 0.05) is 5.54 Å². The fourth-order valence-corrected chi connectivity index (χ4v) is 0.115. The molecule has 0 saturated carbocycles. The van der Waals surface area contributed by atoms with Gasteiger partial charge in [0.2, 0.25) is 6.08 Å². The predicted molar refractivity (Wildman–Crippen MR) is 23.1 cm³/mol. The van der Waals surface area contributed by atoms with E-state index in [1.54, 1.807) is 0 Å². The number of hydrogen-bond donors (Lipinski definition) is 0. The van der Waals surface area contributed by atoms with Crippen molar-refractivity contribution in [3.8, 4) is 0 Å². The molecule has 0 aliphatic carbocycles. The molecule has 0 radical (unpaired) electrons. The summed E-state index contributed by atoms with van der Waals surface area (Å²) in [6, 6.07) is 0. The molecule has 0 spiro atoms. The number of aliphatic imine (C=N–C) groups is 1. The largest absolute Gasteiger partial charge is 0.239 e. The molecule has 0 aromatic heterocycles. The molecule has 0 aromatic rings. The van der Waals surface area contributed by atoms with Crippen LogP contribution < -0.4 is 0 Å². The summed E-state index contributed by atoms with van der Waals surface area (Å²) < 4.78 is 0. The van der Waals surface area contributed by atoms with E-state index in [9.17, 15) is 0 Å². The van der Waals surface area contributed by atoms with Crippen LogP contribution >= 0.6 is 11.6 Å². The van der Waals surface area contributed by atoms with Gasteiger partial charge in [-0.2, -0.15) is 4.99 Å². The van der Waals surface area contributed by atoms with Crippen molar-refractivity contribution >= 4 is 17.7 Å². The topological polar surface area (TPSA) is 29.4 Å². The van der Waals surface area contributed by atoms with Crippen molar-refractivity contribution in [3.63, 3.8) is 0 Å². The summed E-state index contributed by atoms with van der Waals surface area (Å²) in [5, 5.41) is 0. The average molecular weight is 104 g/mol. The zero-order chi connectivity index (χ0) is 4.83. The van der Waals surface area contributed by atoms with E-state index in [1.807, 2.05) is 0 Å². The van der Waals surface area contributed by atoms with Crippen LogP contribution in [0, 0.1) is 0 Å². The Kier molecular flexibility index (Phi) is 3.98. The molecule has 0 heterocycles. The summed E-state index contributed by atoms with van der Waals surface area (Å²) in [5.41, 5.74) is 1.13. The molecule has 0 amide bonds. The lowest BCUT2D eigenvalue weighted by Gasteiger charge is -1.53. The molecular weight excluding hydrogens is 101 g/mol. The first-order valence-corrected chi connectivity index (χ1v) is 1.67. The van der Waals surface area contributed by atoms with Crippen molar-refractivity contribution in [2.45, 2.75) is 0 Å². The molecule has 3 heteroatoms. The van der Waals surface area contributed by atoms with Gasteiger partial charge in [-0.15, -0.1) is 0 Å². The minimum atomic E-state index is 1.13. The molecular formula is C3H2ClNO. The number of nitrogens with zero attached hydrogens (tertiary/aromatic N) is 1. The third-order valence-electron chi connectivity index (χ3n) is 0.184. The second-order valence-electron chi connectivity index (χ2n) is 0.495. The minimum Gasteiger partial charge on any atom is -0.211 e. The van der Waals surface area contributed by atoms with Gasteiger partial charge in [-0.1, -0.05) is 11.6 Å². The van der Waals surface area contributed by atoms with Gasteiger partial charge >= 0.3 is 0 Å². The Bertz CT molecular complexity index is 93.0. The maximum Gasteiger partial charge on any atom is 0.239 e. The van der Waals surface area contributed by atoms with E-state index in [1.165, 1.54) is 6.08 Å². The molecule has 0 N–H and O–H groups in total. The van der Waals surface area contributed by atoms with Crippen molar-refractivity contribution in [1.29, 1.82) is 0 Å². The maximum atomic E-state index is 9.16. The van der Waals surface area contributed by atoms with E-state index >= 15 is 0 Å². The first kappa shape index (κ1) is 5.41. The summed E-state index contributed by atoms with van der Waals surface area (Å²) in [6.45, 7) is 0. The Morgan fingerprint density at radius 1 is 1.83 bits per heavy atom. The Morgan fingerprint density at radius 2 is 2.50 bits per heavy atom. The second kappa shape index (κ2) is 4.41. The Morgan fingerprint density at radius 3 is 2.67 bits per heavy atom. The van der Waals surface area contributed by atoms with Gasteiger partial charge in [0.1, 0.15) is 0 Å². The Labute approximate surface area is 40.1 Å². The molecule has 0 rings (SSSR count). The highest BCUT2D eigenvalue weighted by Gasteiger charge is 1.50. The highest BCUT2D eigenvalue weighted by Crippen LogP contribution is 1.74. The smallest absolute Gasteiger partial charge is 0.211 e. The van der Waals surface area contributed by atoms with Crippen molar-refractivity contribution in [1.82, 2.24) is 0 Å². The summed E-state index contributed by atoms with van der Waals surface area (Å²) in [5.74, 6) is 0. The zero-order valence-electron chi connectivity index (χ0n) is 2.89. The predicted octanol–water partition coefficient (Wildman–Crippen LogP) is 1.03. The highest BCUT2D eigenvalue weighted by atomic mass is 35.5. The van der Waals surface area contributed by atoms with Crippen LogP contribution in [0.3, 0.4) is 0 Å². The first-order valence-electron chi connectivity index (χ1n) is 1.24. The molecule has 0 aromatic carbocycles. The van der Waals surface area contributed by atoms with E-state index in [4.69, 9.17) is 16.4 Å². The molecule has 2 nitrogen and oxygen atoms in total. The van der Waals surface area contributed by atoms with Crippen molar-refractivity contribution in [3.05, 3.63) is 11.7 Å². The van der Waals surface area contributed by atoms with E-state index < -0.39 is 0 Å². The quantitative estimate of drug-likeness (QED) is 0.360. The summed E-state index contributed by atoms with van der Waals surface area (Å²) in [7, 11) is 0. The van der Waals surface area contributed by atoms with Crippen LogP contribution in [-0.4, -0.2) is 6.08 Å². The third kappa shape index (κ3) is 3.41. The Hall–Kier alpha value is -0.590. The number of carbonyl (C=O) groups excluding carboxylic acids is 1. The lowest BCUT2D eigenvalue weighted by molar-refractivity contribution is 0.565. The standard InChI is InChI=1S/C3H2ClNO/c4-1-2-5-3-6/h1-2H. The second-order valence-corrected chi connectivity index (χ2v) is 0.747. The molecule has 0 aliphatic rings. The van der Waals surface area contributed by atoms with Crippen molar-refractivity contribution in [2.75, 3.05) is 0 Å². The summed E-state index contributed by atoms with van der Waals surface area (Å²) in [6.07, 6.45) is 2.42. The van der Waals surface area contributed by atoms with Crippen LogP contribution in [0.2, 0.25) is 0 Å². The average Bonchev–Trinajstić information content (AvgIpc) is 1.61. The lowest BCUT2D eigenvalue weighted by atomic mass is 11.0. The SMILES string of the molecule is O=C=NC=CCl. The fraction of sp³-hybridized carbons (Fsp3) is 0. The number of hydrogen-bond acceptors (Lipinski definition) is 2. The monoisotopic (exact) mass is 103 g/mol. The molecule has 6 heavy (non-hydrogen) atoms. The molecule has 0 fully saturated rings. The van der Waals surface area contributed by atoms with Crippen LogP contribution in [0.15, 0.2) is 16.7 Å². The van der Waals surface area contributed by atoms with Gasteiger partial charge in [-0.25, -0.2) is 4.79 Å². The van der Waals surface area contributed by atoms with Gasteiger partial charge in [0.05, 0.1) is 6.20 Å². The number of halogens is 1. The van der Waals surface area contributed by atoms with Gasteiger partial charge in [0.15, 0.2) is 0 Å². The van der Waals surface area contributed by atoms with Crippen LogP contribution in [0.1, 0.15) is 0 Å². The summed E-state index contributed by atoms with van der Waals surface area (Å²) >= 11 is 4.93. The molecule has 32 valence electrons. The van der Waals surface area contributed by atoms with Crippen LogP contribution in [-0.2, 0) is 4.79 Å². The molecule has 0 saturated heterocycles. The zero-order valence-corrected chi connectivity index (χ0v) is 3.64. The van der Waals surface area contributed by atoms with Crippen molar-refractivity contribution < 1.29 is 4.79 Å². The number of isocyanates is 1. The number of rotatable bonds is 1. The molecule has 0 atom stereocenters. The molecule has 0 bridgehead atoms. The molecule has 0 unspecified atom stereocenters. The maximum absolute atomic E-state index is 9.16. The van der Waals surface area contributed by atoms with Crippen LogP contribution in [0.4, 0.5) is 0 Å². The van der Waals surface area contributed by atoms with E-state index in [0.717, 1.165) is 11.7 Å². The Balaban J connectivity index is 3.33. The molecule has 0 aliphatic heterocycles. The van der Waals surface area contributed by atoms with Crippen LogP contribution in [0.5, 0.6) is 0 Å². The fourth-order valence-electron chi connectivity index (χ4n) is 0.0586. The van der Waals surface area contributed by atoms with E-state index in [-0.39, 0.29) is 0 Å². The van der Waals surface area contributed by atoms with Gasteiger partial charge in [-0.05, 0) is 0 Å². The lowest BCUT2D eigenvalue weighted by Crippen LogP contribution is -1.40. The van der Waals surface area contributed by atoms with Gasteiger partial charge in [0.25, 0.3) is 0 Å².